The second kappa shape index (κ2) is 6.22. The molecule has 0 aliphatic carbocycles. The third-order valence-electron chi connectivity index (χ3n) is 1.85. The molecule has 0 aromatic rings. The molecule has 0 radical (unpaired) electrons. The lowest BCUT2D eigenvalue weighted by Crippen LogP contribution is -2.34. The first-order valence-electron chi connectivity index (χ1n) is 4.30. The predicted molar refractivity (Wildman–Crippen MR) is 52.8 cm³/mol. The molecule has 0 saturated carbocycles. The van der Waals surface area contributed by atoms with Crippen molar-refractivity contribution in [3.63, 3.8) is 0 Å². The van der Waals surface area contributed by atoms with E-state index < -0.39 is 30.5 Å². The van der Waals surface area contributed by atoms with Gasteiger partial charge in [-0.3, -0.25) is 4.79 Å². The Hall–Kier alpha value is -0.430. The molecule has 7 heteroatoms. The van der Waals surface area contributed by atoms with Crippen LogP contribution in [0.3, 0.4) is 0 Å². The molecule has 0 aliphatic rings. The van der Waals surface area contributed by atoms with Crippen LogP contribution in [0.15, 0.2) is 0 Å². The lowest BCUT2D eigenvalue weighted by Gasteiger charge is -2.21. The highest BCUT2D eigenvalue weighted by Gasteiger charge is 2.41. The van der Waals surface area contributed by atoms with Crippen LogP contribution >= 0.6 is 11.8 Å². The molecular weight excluding hydrogens is 231 g/mol. The molecule has 90 valence electrons. The molecule has 0 aromatic heterocycles. The molecule has 0 saturated heterocycles. The van der Waals surface area contributed by atoms with Gasteiger partial charge >= 0.3 is 12.1 Å². The zero-order valence-electron chi connectivity index (χ0n) is 8.25. The molecule has 0 aromatic carbocycles. The number of rotatable bonds is 6. The fraction of sp³-hybridized carbons (Fsp3) is 0.875. The number of halogens is 3. The highest BCUT2D eigenvalue weighted by Crippen LogP contribution is 2.32. The Balaban J connectivity index is 4.31. The number of nitrogens with two attached hydrogens (primary N) is 1. The lowest BCUT2D eigenvalue weighted by molar-refractivity contribution is -0.185. The third-order valence-corrected chi connectivity index (χ3v) is 2.61. The largest absolute Gasteiger partial charge is 0.481 e. The SMILES string of the molecule is CSC[C@@H](N)C[C@H](CC(=O)O)C(F)(F)F. The number of aliphatic carboxylic acids is 1. The maximum absolute atomic E-state index is 12.4. The summed E-state index contributed by atoms with van der Waals surface area (Å²) >= 11 is 1.34. The lowest BCUT2D eigenvalue weighted by atomic mass is 9.97. The highest BCUT2D eigenvalue weighted by atomic mass is 32.2. The number of hydrogen-bond donors (Lipinski definition) is 2. The molecular formula is C8H14F3NO2S. The van der Waals surface area contributed by atoms with Crippen LogP contribution in [0.4, 0.5) is 13.2 Å². The van der Waals surface area contributed by atoms with E-state index >= 15 is 0 Å². The van der Waals surface area contributed by atoms with E-state index in [1.807, 2.05) is 0 Å². The van der Waals surface area contributed by atoms with E-state index in [2.05, 4.69) is 0 Å². The predicted octanol–water partition coefficient (Wildman–Crippen LogP) is 1.72. The standard InChI is InChI=1S/C8H14F3NO2S/c1-15-4-6(12)2-5(3-7(13)14)8(9,10)11/h5-6H,2-4,12H2,1H3,(H,13,14)/t5-,6+/m1/s1. The smallest absolute Gasteiger partial charge is 0.392 e. The number of carboxylic acid groups (broad SMARTS) is 1. The quantitative estimate of drug-likeness (QED) is 0.748. The van der Waals surface area contributed by atoms with Gasteiger partial charge in [0.05, 0.1) is 12.3 Å². The second-order valence-corrected chi connectivity index (χ2v) is 4.20. The average Bonchev–Trinajstić information content (AvgIpc) is 2.00. The Kier molecular flexibility index (Phi) is 6.04. The summed E-state index contributed by atoms with van der Waals surface area (Å²) in [5, 5.41) is 8.34. The molecule has 3 N–H and O–H groups in total. The number of carboxylic acids is 1. The van der Waals surface area contributed by atoms with Gasteiger partial charge in [-0.15, -0.1) is 0 Å². The van der Waals surface area contributed by atoms with Crippen LogP contribution in [-0.4, -0.2) is 35.3 Å². The monoisotopic (exact) mass is 245 g/mol. The summed E-state index contributed by atoms with van der Waals surface area (Å²) in [5.74, 6) is -2.91. The Morgan fingerprint density at radius 1 is 1.53 bits per heavy atom. The number of carbonyl (C=O) groups is 1. The van der Waals surface area contributed by atoms with Crippen molar-refractivity contribution in [2.75, 3.05) is 12.0 Å². The van der Waals surface area contributed by atoms with E-state index in [1.165, 1.54) is 11.8 Å². The molecule has 0 heterocycles. The van der Waals surface area contributed by atoms with Gasteiger partial charge < -0.3 is 10.8 Å². The Labute approximate surface area is 90.2 Å². The first-order valence-corrected chi connectivity index (χ1v) is 5.69. The zero-order valence-corrected chi connectivity index (χ0v) is 9.07. The molecule has 2 atom stereocenters. The zero-order chi connectivity index (χ0) is 12.1. The minimum absolute atomic E-state index is 0.337. The minimum Gasteiger partial charge on any atom is -0.481 e. The fourth-order valence-corrected chi connectivity index (χ4v) is 1.76. The summed E-state index contributed by atoms with van der Waals surface area (Å²) in [6.45, 7) is 0. The van der Waals surface area contributed by atoms with Crippen LogP contribution in [0, 0.1) is 5.92 Å². The topological polar surface area (TPSA) is 63.3 Å². The number of thioether (sulfide) groups is 1. The van der Waals surface area contributed by atoms with Crippen molar-refractivity contribution in [2.45, 2.75) is 25.1 Å². The summed E-state index contributed by atoms with van der Waals surface area (Å²) in [6.07, 6.45) is -4.00. The van der Waals surface area contributed by atoms with Crippen molar-refractivity contribution >= 4 is 17.7 Å². The molecule has 0 amide bonds. The van der Waals surface area contributed by atoms with Gasteiger partial charge in [0, 0.05) is 11.8 Å². The normalized spacial score (nSPS) is 16.1. The van der Waals surface area contributed by atoms with E-state index in [0.29, 0.717) is 5.75 Å². The van der Waals surface area contributed by atoms with Crippen molar-refractivity contribution in [1.29, 1.82) is 0 Å². The van der Waals surface area contributed by atoms with Crippen LogP contribution in [-0.2, 0) is 4.79 Å². The summed E-state index contributed by atoms with van der Waals surface area (Å²) in [6, 6.07) is -0.619. The van der Waals surface area contributed by atoms with Gasteiger partial charge in [-0.25, -0.2) is 0 Å². The van der Waals surface area contributed by atoms with Gasteiger partial charge in [-0.1, -0.05) is 0 Å². The van der Waals surface area contributed by atoms with E-state index in [-0.39, 0.29) is 6.42 Å². The second-order valence-electron chi connectivity index (χ2n) is 3.29. The van der Waals surface area contributed by atoms with Crippen molar-refractivity contribution < 1.29 is 23.1 Å². The summed E-state index contributed by atoms with van der Waals surface area (Å²) < 4.78 is 37.1. The van der Waals surface area contributed by atoms with Crippen LogP contribution in [0.1, 0.15) is 12.8 Å². The molecule has 0 rings (SSSR count). The Bertz CT molecular complexity index is 211. The number of hydrogen-bond acceptors (Lipinski definition) is 3. The van der Waals surface area contributed by atoms with Crippen LogP contribution in [0.25, 0.3) is 0 Å². The van der Waals surface area contributed by atoms with Crippen molar-refractivity contribution in [3.05, 3.63) is 0 Å². The molecule has 0 spiro atoms. The van der Waals surface area contributed by atoms with Gasteiger partial charge in [-0.2, -0.15) is 24.9 Å². The van der Waals surface area contributed by atoms with Gasteiger partial charge in [0.2, 0.25) is 0 Å². The summed E-state index contributed by atoms with van der Waals surface area (Å²) in [4.78, 5) is 10.2. The van der Waals surface area contributed by atoms with Crippen LogP contribution in [0.2, 0.25) is 0 Å². The maximum Gasteiger partial charge on any atom is 0.392 e. The fourth-order valence-electron chi connectivity index (χ4n) is 1.19. The highest BCUT2D eigenvalue weighted by molar-refractivity contribution is 7.98. The van der Waals surface area contributed by atoms with Gasteiger partial charge in [0.1, 0.15) is 0 Å². The summed E-state index contributed by atoms with van der Waals surface area (Å²) in [5.41, 5.74) is 5.44. The first kappa shape index (κ1) is 14.6. The maximum atomic E-state index is 12.4. The van der Waals surface area contributed by atoms with E-state index in [1.54, 1.807) is 6.26 Å². The molecule has 0 bridgehead atoms. The van der Waals surface area contributed by atoms with E-state index in [9.17, 15) is 18.0 Å². The molecule has 0 aliphatic heterocycles. The first-order chi connectivity index (χ1) is 6.77. The van der Waals surface area contributed by atoms with Crippen molar-refractivity contribution in [2.24, 2.45) is 11.7 Å². The van der Waals surface area contributed by atoms with Crippen LogP contribution in [0.5, 0.6) is 0 Å². The number of alkyl halides is 3. The molecule has 3 nitrogen and oxygen atoms in total. The van der Waals surface area contributed by atoms with Gasteiger partial charge in [-0.05, 0) is 12.7 Å². The van der Waals surface area contributed by atoms with E-state index in [4.69, 9.17) is 10.8 Å². The summed E-state index contributed by atoms with van der Waals surface area (Å²) in [7, 11) is 0. The van der Waals surface area contributed by atoms with E-state index in [0.717, 1.165) is 0 Å². The Morgan fingerprint density at radius 2 is 2.07 bits per heavy atom. The molecule has 0 fully saturated rings. The minimum atomic E-state index is -4.49. The van der Waals surface area contributed by atoms with Gasteiger partial charge in [0.25, 0.3) is 0 Å². The van der Waals surface area contributed by atoms with Crippen LogP contribution < -0.4 is 5.73 Å². The van der Waals surface area contributed by atoms with Gasteiger partial charge in [0.15, 0.2) is 0 Å². The molecule has 15 heavy (non-hydrogen) atoms. The van der Waals surface area contributed by atoms with Crippen molar-refractivity contribution in [3.8, 4) is 0 Å². The van der Waals surface area contributed by atoms with Crippen molar-refractivity contribution in [1.82, 2.24) is 0 Å². The third kappa shape index (κ3) is 6.62. The molecule has 0 unspecified atom stereocenters. The Morgan fingerprint density at radius 3 is 2.40 bits per heavy atom. The average molecular weight is 245 g/mol.